The minimum absolute atomic E-state index is 0.383. The molecule has 0 unspecified atom stereocenters. The summed E-state index contributed by atoms with van der Waals surface area (Å²) in [5.74, 6) is 1.34. The summed E-state index contributed by atoms with van der Waals surface area (Å²) in [5.41, 5.74) is 5.13. The number of halogens is 1. The molecule has 1 aromatic heterocycles. The highest BCUT2D eigenvalue weighted by Gasteiger charge is 2.07. The van der Waals surface area contributed by atoms with Crippen LogP contribution < -0.4 is 14.9 Å². The zero-order chi connectivity index (χ0) is 16.8. The third kappa shape index (κ3) is 3.97. The molecule has 0 atom stereocenters. The summed E-state index contributed by atoms with van der Waals surface area (Å²) in [5, 5.41) is 8.16. The number of rotatable bonds is 7. The maximum Gasteiger partial charge on any atom is 0.161 e. The fourth-order valence-electron chi connectivity index (χ4n) is 2.18. The molecule has 3 rings (SSSR count). The van der Waals surface area contributed by atoms with Crippen LogP contribution in [0.4, 0.5) is 0 Å². The fourth-order valence-corrected chi connectivity index (χ4v) is 2.37. The number of aromatic nitrogens is 3. The van der Waals surface area contributed by atoms with Crippen molar-refractivity contribution < 1.29 is 9.47 Å². The molecule has 0 fully saturated rings. The molecule has 124 valence electrons. The molecular weight excluding hydrogens is 328 g/mol. The van der Waals surface area contributed by atoms with E-state index in [4.69, 9.17) is 21.1 Å². The first-order valence-corrected chi connectivity index (χ1v) is 7.75. The standard InChI is InChI=1S/C17H17ClN4O2/c1-23-17-8-13(9-21-22-11-19-20-12-22)6-7-16(17)24-10-14-4-2-3-5-15(14)18/h2-8,11-12,21H,9-10H2,1H3. The lowest BCUT2D eigenvalue weighted by molar-refractivity contribution is 0.284. The van der Waals surface area contributed by atoms with Gasteiger partial charge in [0.2, 0.25) is 0 Å². The van der Waals surface area contributed by atoms with Crippen molar-refractivity contribution in [2.45, 2.75) is 13.2 Å². The SMILES string of the molecule is COc1cc(CNn2cnnc2)ccc1OCc1ccccc1Cl. The normalized spacial score (nSPS) is 10.4. The molecule has 1 heterocycles. The molecule has 1 N–H and O–H groups in total. The van der Waals surface area contributed by atoms with Crippen molar-refractivity contribution in [2.24, 2.45) is 0 Å². The molecule has 0 aliphatic carbocycles. The number of nitrogens with one attached hydrogen (secondary N) is 1. The molecule has 0 saturated heterocycles. The van der Waals surface area contributed by atoms with Crippen molar-refractivity contribution in [3.63, 3.8) is 0 Å². The second kappa shape index (κ2) is 7.70. The average Bonchev–Trinajstić information content (AvgIpc) is 3.13. The van der Waals surface area contributed by atoms with Crippen molar-refractivity contribution in [3.05, 3.63) is 71.3 Å². The van der Waals surface area contributed by atoms with E-state index >= 15 is 0 Å². The van der Waals surface area contributed by atoms with E-state index in [1.165, 1.54) is 0 Å². The van der Waals surface area contributed by atoms with Gasteiger partial charge in [0.05, 0.1) is 13.7 Å². The van der Waals surface area contributed by atoms with Crippen molar-refractivity contribution >= 4 is 11.6 Å². The maximum atomic E-state index is 6.15. The number of hydrogen-bond donors (Lipinski definition) is 1. The van der Waals surface area contributed by atoms with Gasteiger partial charge in [-0.05, 0) is 23.8 Å². The highest BCUT2D eigenvalue weighted by molar-refractivity contribution is 6.31. The summed E-state index contributed by atoms with van der Waals surface area (Å²) >= 11 is 6.15. The molecule has 6 nitrogen and oxygen atoms in total. The quantitative estimate of drug-likeness (QED) is 0.712. The third-order valence-electron chi connectivity index (χ3n) is 3.45. The largest absolute Gasteiger partial charge is 0.493 e. The molecular formula is C17H17ClN4O2. The highest BCUT2D eigenvalue weighted by atomic mass is 35.5. The zero-order valence-corrected chi connectivity index (χ0v) is 13.9. The van der Waals surface area contributed by atoms with Crippen molar-refractivity contribution in [1.29, 1.82) is 0 Å². The molecule has 3 aromatic rings. The summed E-state index contributed by atoms with van der Waals surface area (Å²) in [6, 6.07) is 13.4. The van der Waals surface area contributed by atoms with Gasteiger partial charge >= 0.3 is 0 Å². The summed E-state index contributed by atoms with van der Waals surface area (Å²) in [6.07, 6.45) is 3.19. The average molecular weight is 345 g/mol. The number of ether oxygens (including phenoxy) is 2. The van der Waals surface area contributed by atoms with Crippen LogP contribution in [0.5, 0.6) is 11.5 Å². The highest BCUT2D eigenvalue weighted by Crippen LogP contribution is 2.29. The van der Waals surface area contributed by atoms with Crippen LogP contribution in [0.25, 0.3) is 0 Å². The topological polar surface area (TPSA) is 61.2 Å². The fraction of sp³-hybridized carbons (Fsp3) is 0.176. The van der Waals surface area contributed by atoms with Crippen molar-refractivity contribution in [1.82, 2.24) is 14.9 Å². The molecule has 0 amide bonds. The lowest BCUT2D eigenvalue weighted by Crippen LogP contribution is -2.12. The van der Waals surface area contributed by atoms with E-state index in [1.807, 2.05) is 42.5 Å². The Morgan fingerprint density at radius 3 is 2.62 bits per heavy atom. The monoisotopic (exact) mass is 344 g/mol. The number of benzene rings is 2. The van der Waals surface area contributed by atoms with Crippen molar-refractivity contribution in [2.75, 3.05) is 12.5 Å². The van der Waals surface area contributed by atoms with E-state index in [0.717, 1.165) is 11.1 Å². The predicted molar refractivity (Wildman–Crippen MR) is 91.9 cm³/mol. The van der Waals surface area contributed by atoms with Crippen LogP contribution in [0.15, 0.2) is 55.1 Å². The predicted octanol–water partition coefficient (Wildman–Crippen LogP) is 3.26. The van der Waals surface area contributed by atoms with E-state index in [1.54, 1.807) is 24.4 Å². The Morgan fingerprint density at radius 1 is 1.08 bits per heavy atom. The molecule has 0 bridgehead atoms. The zero-order valence-electron chi connectivity index (χ0n) is 13.1. The van der Waals surface area contributed by atoms with Gasteiger partial charge in [0.15, 0.2) is 11.5 Å². The van der Waals surface area contributed by atoms with Gasteiger partial charge in [-0.2, -0.15) is 0 Å². The summed E-state index contributed by atoms with van der Waals surface area (Å²) in [4.78, 5) is 0. The summed E-state index contributed by atoms with van der Waals surface area (Å²) in [7, 11) is 1.62. The van der Waals surface area contributed by atoms with Gasteiger partial charge in [-0.1, -0.05) is 35.9 Å². The van der Waals surface area contributed by atoms with Crippen LogP contribution >= 0.6 is 11.6 Å². The molecule has 0 aliphatic heterocycles. The van der Waals surface area contributed by atoms with Gasteiger partial charge in [0.1, 0.15) is 19.3 Å². The molecule has 7 heteroatoms. The number of nitrogens with zero attached hydrogens (tertiary/aromatic N) is 3. The van der Waals surface area contributed by atoms with Crippen LogP contribution in [0.2, 0.25) is 5.02 Å². The lowest BCUT2D eigenvalue weighted by atomic mass is 10.2. The molecule has 0 spiro atoms. The lowest BCUT2D eigenvalue weighted by Gasteiger charge is -2.13. The molecule has 0 saturated carbocycles. The first kappa shape index (κ1) is 16.1. The van der Waals surface area contributed by atoms with Crippen molar-refractivity contribution in [3.8, 4) is 11.5 Å². The maximum absolute atomic E-state index is 6.15. The summed E-state index contributed by atoms with van der Waals surface area (Å²) < 4.78 is 13.0. The first-order chi connectivity index (χ1) is 11.8. The van der Waals surface area contributed by atoms with Gasteiger partial charge in [-0.3, -0.25) is 0 Å². The van der Waals surface area contributed by atoms with Gasteiger partial charge < -0.3 is 14.9 Å². The Morgan fingerprint density at radius 2 is 1.88 bits per heavy atom. The van der Waals surface area contributed by atoms with E-state index in [9.17, 15) is 0 Å². The minimum Gasteiger partial charge on any atom is -0.493 e. The Kier molecular flexibility index (Phi) is 5.18. The van der Waals surface area contributed by atoms with Gasteiger partial charge in [-0.25, -0.2) is 4.68 Å². The van der Waals surface area contributed by atoms with Crippen LogP contribution in [-0.4, -0.2) is 22.0 Å². The Labute approximate surface area is 145 Å². The van der Waals surface area contributed by atoms with Gasteiger partial charge in [0, 0.05) is 10.6 Å². The number of methoxy groups -OCH3 is 1. The first-order valence-electron chi connectivity index (χ1n) is 7.38. The van der Waals surface area contributed by atoms with Crippen LogP contribution in [0.3, 0.4) is 0 Å². The van der Waals surface area contributed by atoms with Crippen LogP contribution in [0, 0.1) is 0 Å². The Hall–Kier alpha value is -2.73. The second-order valence-corrected chi connectivity index (χ2v) is 5.48. The molecule has 2 aromatic carbocycles. The number of hydrogen-bond acceptors (Lipinski definition) is 5. The third-order valence-corrected chi connectivity index (χ3v) is 3.82. The summed E-state index contributed by atoms with van der Waals surface area (Å²) in [6.45, 7) is 0.994. The molecule has 0 aliphatic rings. The second-order valence-electron chi connectivity index (χ2n) is 5.07. The van der Waals surface area contributed by atoms with Gasteiger partial charge in [-0.15, -0.1) is 10.2 Å². The van der Waals surface area contributed by atoms with Crippen LogP contribution in [-0.2, 0) is 13.2 Å². The van der Waals surface area contributed by atoms with E-state index in [0.29, 0.717) is 29.7 Å². The Bertz CT molecular complexity index is 793. The molecule has 24 heavy (non-hydrogen) atoms. The Balaban J connectivity index is 1.66. The molecule has 0 radical (unpaired) electrons. The van der Waals surface area contributed by atoms with E-state index < -0.39 is 0 Å². The van der Waals surface area contributed by atoms with E-state index in [2.05, 4.69) is 15.6 Å². The van der Waals surface area contributed by atoms with E-state index in [-0.39, 0.29) is 0 Å². The minimum atomic E-state index is 0.383. The van der Waals surface area contributed by atoms with Crippen LogP contribution in [0.1, 0.15) is 11.1 Å². The van der Waals surface area contributed by atoms with Gasteiger partial charge in [0.25, 0.3) is 0 Å². The smallest absolute Gasteiger partial charge is 0.161 e.